The predicted octanol–water partition coefficient (Wildman–Crippen LogP) is 2.64. The second-order valence-electron chi connectivity index (χ2n) is 8.52. The summed E-state index contributed by atoms with van der Waals surface area (Å²) >= 11 is 0. The molecule has 0 bridgehead atoms. The van der Waals surface area contributed by atoms with Gasteiger partial charge in [0.15, 0.2) is 5.82 Å². The molecular weight excluding hydrogens is 340 g/mol. The van der Waals surface area contributed by atoms with E-state index in [1.54, 1.807) is 0 Å². The van der Waals surface area contributed by atoms with E-state index in [0.717, 1.165) is 57.4 Å². The highest BCUT2D eigenvalue weighted by Crippen LogP contribution is 2.29. The molecule has 1 aliphatic carbocycles. The summed E-state index contributed by atoms with van der Waals surface area (Å²) < 4.78 is 7.85. The molecule has 7 nitrogen and oxygen atoms in total. The molecule has 0 N–H and O–H groups in total. The lowest BCUT2D eigenvalue weighted by atomic mass is 10.1. The van der Waals surface area contributed by atoms with E-state index in [9.17, 15) is 0 Å². The van der Waals surface area contributed by atoms with E-state index in [0.29, 0.717) is 6.04 Å². The summed E-state index contributed by atoms with van der Waals surface area (Å²) in [5.74, 6) is 1.05. The number of unbranched alkanes of at least 4 members (excludes halogenated alkanes) is 1. The van der Waals surface area contributed by atoms with E-state index in [1.165, 1.54) is 51.6 Å². The van der Waals surface area contributed by atoms with Gasteiger partial charge in [-0.2, -0.15) is 0 Å². The molecule has 0 radical (unpaired) electrons. The van der Waals surface area contributed by atoms with Crippen molar-refractivity contribution in [3.8, 4) is 0 Å². The van der Waals surface area contributed by atoms with Gasteiger partial charge >= 0.3 is 0 Å². The van der Waals surface area contributed by atoms with Gasteiger partial charge in [-0.25, -0.2) is 4.68 Å². The molecule has 2 atom stereocenters. The molecule has 0 spiro atoms. The second-order valence-corrected chi connectivity index (χ2v) is 8.52. The zero-order chi connectivity index (χ0) is 18.5. The molecule has 4 rings (SSSR count). The lowest BCUT2D eigenvalue weighted by Gasteiger charge is -2.41. The van der Waals surface area contributed by atoms with Crippen LogP contribution in [0.4, 0.5) is 0 Å². The summed E-state index contributed by atoms with van der Waals surface area (Å²) in [6, 6.07) is 1.18. The molecule has 2 aliphatic heterocycles. The summed E-state index contributed by atoms with van der Waals surface area (Å²) in [7, 11) is 0. The van der Waals surface area contributed by atoms with Gasteiger partial charge in [0, 0.05) is 38.8 Å². The minimum absolute atomic E-state index is 0.276. The normalized spacial score (nSPS) is 26.8. The number of tetrazole rings is 1. The molecule has 0 amide bonds. The van der Waals surface area contributed by atoms with Crippen LogP contribution in [0.1, 0.15) is 76.6 Å². The Balaban J connectivity index is 1.41. The maximum absolute atomic E-state index is 5.82. The average molecular weight is 377 g/mol. The van der Waals surface area contributed by atoms with Crippen LogP contribution in [-0.4, -0.2) is 74.9 Å². The summed E-state index contributed by atoms with van der Waals surface area (Å²) in [5, 5.41) is 12.8. The van der Waals surface area contributed by atoms with Crippen molar-refractivity contribution in [2.24, 2.45) is 0 Å². The fourth-order valence-corrected chi connectivity index (χ4v) is 5.12. The van der Waals surface area contributed by atoms with Crippen LogP contribution in [0.5, 0.6) is 0 Å². The lowest BCUT2D eigenvalue weighted by molar-refractivity contribution is 0.0585. The Labute approximate surface area is 163 Å². The van der Waals surface area contributed by atoms with Gasteiger partial charge < -0.3 is 4.74 Å². The largest absolute Gasteiger partial charge is 0.376 e. The third-order valence-electron chi connectivity index (χ3n) is 6.72. The Morgan fingerprint density at radius 1 is 1.07 bits per heavy atom. The number of hydrogen-bond acceptors (Lipinski definition) is 6. The molecule has 152 valence electrons. The Morgan fingerprint density at radius 3 is 2.59 bits per heavy atom. The lowest BCUT2D eigenvalue weighted by Crippen LogP contribution is -2.50. The topological polar surface area (TPSA) is 59.3 Å². The number of piperazine rings is 1. The van der Waals surface area contributed by atoms with Gasteiger partial charge in [-0.3, -0.25) is 9.80 Å². The molecule has 1 aromatic heterocycles. The maximum Gasteiger partial charge on any atom is 0.168 e. The highest BCUT2D eigenvalue weighted by atomic mass is 16.5. The Hall–Kier alpha value is -1.05. The highest BCUT2D eigenvalue weighted by molar-refractivity contribution is 4.96. The van der Waals surface area contributed by atoms with E-state index < -0.39 is 0 Å². The zero-order valence-corrected chi connectivity index (χ0v) is 16.9. The molecule has 0 unspecified atom stereocenters. The first-order valence-corrected chi connectivity index (χ1v) is 11.2. The summed E-state index contributed by atoms with van der Waals surface area (Å²) in [5.41, 5.74) is 0. The standard InChI is InChI=1S/C20H36N6O/c1-2-3-10-19(20-21-22-23-26(20)16-18-9-6-15-27-18)25-13-11-24(12-14-25)17-7-4-5-8-17/h17-19H,2-16H2,1H3/t18-,19-/m1/s1. The smallest absolute Gasteiger partial charge is 0.168 e. The molecule has 3 heterocycles. The zero-order valence-electron chi connectivity index (χ0n) is 16.9. The predicted molar refractivity (Wildman–Crippen MR) is 104 cm³/mol. The summed E-state index contributed by atoms with van der Waals surface area (Å²) in [6.45, 7) is 8.61. The van der Waals surface area contributed by atoms with Gasteiger partial charge in [0.2, 0.25) is 0 Å². The van der Waals surface area contributed by atoms with Gasteiger partial charge in [0.25, 0.3) is 0 Å². The number of hydrogen-bond donors (Lipinski definition) is 0. The fourth-order valence-electron chi connectivity index (χ4n) is 5.12. The van der Waals surface area contributed by atoms with Crippen LogP contribution in [0.2, 0.25) is 0 Å². The minimum Gasteiger partial charge on any atom is -0.376 e. The van der Waals surface area contributed by atoms with Gasteiger partial charge in [0.05, 0.1) is 18.7 Å². The van der Waals surface area contributed by atoms with Gasteiger partial charge in [-0.1, -0.05) is 32.6 Å². The number of ether oxygens (including phenoxy) is 1. The Bertz CT molecular complexity index is 559. The molecule has 7 heteroatoms. The third kappa shape index (κ3) is 4.69. The monoisotopic (exact) mass is 376 g/mol. The number of nitrogens with zero attached hydrogens (tertiary/aromatic N) is 6. The molecule has 1 aromatic rings. The molecule has 1 saturated carbocycles. The van der Waals surface area contributed by atoms with E-state index in [4.69, 9.17) is 4.74 Å². The first-order valence-electron chi connectivity index (χ1n) is 11.2. The maximum atomic E-state index is 5.82. The molecule has 27 heavy (non-hydrogen) atoms. The molecular formula is C20H36N6O. The quantitative estimate of drug-likeness (QED) is 0.695. The van der Waals surface area contributed by atoms with Crippen molar-refractivity contribution in [2.75, 3.05) is 32.8 Å². The van der Waals surface area contributed by atoms with E-state index in [-0.39, 0.29) is 6.10 Å². The van der Waals surface area contributed by atoms with Crippen LogP contribution in [0.25, 0.3) is 0 Å². The third-order valence-corrected chi connectivity index (χ3v) is 6.72. The van der Waals surface area contributed by atoms with Crippen LogP contribution < -0.4 is 0 Å². The van der Waals surface area contributed by atoms with Gasteiger partial charge in [0.1, 0.15) is 0 Å². The van der Waals surface area contributed by atoms with E-state index in [1.807, 2.05) is 4.68 Å². The summed E-state index contributed by atoms with van der Waals surface area (Å²) in [6.07, 6.45) is 11.8. The van der Waals surface area contributed by atoms with Crippen molar-refractivity contribution in [1.82, 2.24) is 30.0 Å². The van der Waals surface area contributed by atoms with Crippen LogP contribution in [0, 0.1) is 0 Å². The van der Waals surface area contributed by atoms with Gasteiger partial charge in [-0.15, -0.1) is 5.10 Å². The molecule has 2 saturated heterocycles. The van der Waals surface area contributed by atoms with Crippen molar-refractivity contribution < 1.29 is 4.74 Å². The first-order chi connectivity index (χ1) is 13.3. The molecule has 3 fully saturated rings. The number of aromatic nitrogens is 4. The highest BCUT2D eigenvalue weighted by Gasteiger charge is 2.32. The minimum atomic E-state index is 0.276. The SMILES string of the molecule is CCCC[C@H](c1nnnn1C[C@H]1CCCO1)N1CCN(C2CCCC2)CC1. The Morgan fingerprint density at radius 2 is 1.89 bits per heavy atom. The van der Waals surface area contributed by atoms with Crippen molar-refractivity contribution in [3.63, 3.8) is 0 Å². The van der Waals surface area contributed by atoms with Crippen molar-refractivity contribution >= 4 is 0 Å². The van der Waals surface area contributed by atoms with Crippen LogP contribution in [-0.2, 0) is 11.3 Å². The molecule has 3 aliphatic rings. The fraction of sp³-hybridized carbons (Fsp3) is 0.950. The van der Waals surface area contributed by atoms with Crippen molar-refractivity contribution in [3.05, 3.63) is 5.82 Å². The van der Waals surface area contributed by atoms with Crippen LogP contribution in [0.15, 0.2) is 0 Å². The van der Waals surface area contributed by atoms with Gasteiger partial charge in [-0.05, 0) is 42.5 Å². The van der Waals surface area contributed by atoms with Crippen LogP contribution >= 0.6 is 0 Å². The summed E-state index contributed by atoms with van der Waals surface area (Å²) in [4.78, 5) is 5.37. The van der Waals surface area contributed by atoms with Crippen molar-refractivity contribution in [2.45, 2.75) is 89.4 Å². The number of rotatable bonds is 8. The molecule has 0 aromatic carbocycles. The van der Waals surface area contributed by atoms with E-state index >= 15 is 0 Å². The van der Waals surface area contributed by atoms with Crippen molar-refractivity contribution in [1.29, 1.82) is 0 Å². The Kier molecular flexibility index (Phi) is 6.73. The first kappa shape index (κ1) is 19.3. The average Bonchev–Trinajstić information content (AvgIpc) is 3.47. The van der Waals surface area contributed by atoms with Crippen LogP contribution in [0.3, 0.4) is 0 Å². The van der Waals surface area contributed by atoms with E-state index in [2.05, 4.69) is 32.2 Å². The second kappa shape index (κ2) is 9.43.